The number of aliphatic imine (C=N–C) groups is 1. The summed E-state index contributed by atoms with van der Waals surface area (Å²) in [5.41, 5.74) is 0.826. The van der Waals surface area contributed by atoms with E-state index in [1.54, 1.807) is 20.8 Å². The zero-order chi connectivity index (χ0) is 14.0. The molecule has 0 aliphatic carbocycles. The molecule has 0 bridgehead atoms. The van der Waals surface area contributed by atoms with Crippen molar-refractivity contribution in [3.63, 3.8) is 0 Å². The van der Waals surface area contributed by atoms with Gasteiger partial charge < -0.3 is 20.7 Å². The number of hydrogen-bond donors (Lipinski definition) is 3. The molecule has 0 rings (SSSR count). The van der Waals surface area contributed by atoms with E-state index < -0.39 is 0 Å². The molecular weight excluding hydrogens is 232 g/mol. The molecule has 0 radical (unpaired) electrons. The van der Waals surface area contributed by atoms with Gasteiger partial charge in [0.1, 0.15) is 12.1 Å². The summed E-state index contributed by atoms with van der Waals surface area (Å²) >= 11 is 0. The zero-order valence-corrected chi connectivity index (χ0v) is 11.0. The van der Waals surface area contributed by atoms with Crippen molar-refractivity contribution in [2.75, 3.05) is 6.61 Å². The maximum Gasteiger partial charge on any atom is 0.130 e. The summed E-state index contributed by atoms with van der Waals surface area (Å²) in [6.07, 6.45) is 4.26. The first-order valence-corrected chi connectivity index (χ1v) is 5.51. The van der Waals surface area contributed by atoms with Crippen LogP contribution in [-0.4, -0.2) is 36.4 Å². The van der Waals surface area contributed by atoms with E-state index in [1.807, 2.05) is 0 Å². The van der Waals surface area contributed by atoms with Crippen LogP contribution in [0, 0.1) is 5.41 Å². The molecule has 100 valence electrons. The van der Waals surface area contributed by atoms with Crippen molar-refractivity contribution in [3.8, 4) is 0 Å². The van der Waals surface area contributed by atoms with Crippen molar-refractivity contribution in [1.82, 2.24) is 5.32 Å². The Morgan fingerprint density at radius 3 is 2.78 bits per heavy atom. The van der Waals surface area contributed by atoms with Gasteiger partial charge in [-0.25, -0.2) is 4.99 Å². The number of aliphatic hydroxyl groups excluding tert-OH is 1. The Morgan fingerprint density at radius 1 is 1.61 bits per heavy atom. The lowest BCUT2D eigenvalue weighted by atomic mass is 10.1. The fourth-order valence-electron chi connectivity index (χ4n) is 0.999. The van der Waals surface area contributed by atoms with Gasteiger partial charge in [-0.2, -0.15) is 0 Å². The van der Waals surface area contributed by atoms with Crippen LogP contribution in [-0.2, 0) is 4.84 Å². The first-order chi connectivity index (χ1) is 8.56. The van der Waals surface area contributed by atoms with Gasteiger partial charge in [-0.15, -0.1) is 0 Å². The predicted molar refractivity (Wildman–Crippen MR) is 74.1 cm³/mol. The predicted octanol–water partition coefficient (Wildman–Crippen LogP) is 1.44. The fraction of sp³-hybridized carbons (Fsp3) is 0.417. The van der Waals surface area contributed by atoms with Gasteiger partial charge in [0, 0.05) is 23.9 Å². The number of nitrogens with one attached hydrogen (secondary N) is 2. The van der Waals surface area contributed by atoms with Gasteiger partial charge in [-0.3, -0.25) is 0 Å². The highest BCUT2D eigenvalue weighted by molar-refractivity contribution is 6.06. The minimum absolute atomic E-state index is 0.0240. The Bertz CT molecular complexity index is 372. The third-order valence-electron chi connectivity index (χ3n) is 2.04. The molecule has 1 atom stereocenters. The van der Waals surface area contributed by atoms with Gasteiger partial charge in [-0.05, 0) is 27.5 Å². The van der Waals surface area contributed by atoms with Crippen LogP contribution < -0.4 is 5.32 Å². The highest BCUT2D eigenvalue weighted by Gasteiger charge is 2.07. The van der Waals surface area contributed by atoms with Crippen LogP contribution in [0.4, 0.5) is 0 Å². The molecule has 0 unspecified atom stereocenters. The van der Waals surface area contributed by atoms with E-state index in [2.05, 4.69) is 22.2 Å². The van der Waals surface area contributed by atoms with Crippen molar-refractivity contribution in [2.24, 2.45) is 10.1 Å². The van der Waals surface area contributed by atoms with Crippen molar-refractivity contribution < 1.29 is 9.94 Å². The summed E-state index contributed by atoms with van der Waals surface area (Å²) in [7, 11) is 0. The molecule has 0 saturated carbocycles. The average molecular weight is 252 g/mol. The number of aliphatic hydroxyl groups is 1. The topological polar surface area (TPSA) is 90.1 Å². The van der Waals surface area contributed by atoms with E-state index in [0.717, 1.165) is 0 Å². The lowest BCUT2D eigenvalue weighted by Gasteiger charge is -2.14. The van der Waals surface area contributed by atoms with Crippen molar-refractivity contribution in [3.05, 3.63) is 23.7 Å². The Kier molecular flexibility index (Phi) is 8.13. The molecule has 0 aliphatic rings. The number of oxime groups is 1. The second-order valence-corrected chi connectivity index (χ2v) is 3.55. The summed E-state index contributed by atoms with van der Waals surface area (Å²) in [5, 5.41) is 23.2. The second kappa shape index (κ2) is 9.12. The molecular formula is C12H20N4O2. The van der Waals surface area contributed by atoms with Crippen LogP contribution >= 0.6 is 0 Å². The van der Waals surface area contributed by atoms with Crippen LogP contribution in [0.2, 0.25) is 0 Å². The van der Waals surface area contributed by atoms with E-state index in [9.17, 15) is 0 Å². The monoisotopic (exact) mass is 252 g/mol. The van der Waals surface area contributed by atoms with E-state index in [4.69, 9.17) is 15.4 Å². The van der Waals surface area contributed by atoms with Gasteiger partial charge in [0.2, 0.25) is 0 Å². The Balaban J connectivity index is 4.72. The molecule has 6 nitrogen and oxygen atoms in total. The summed E-state index contributed by atoms with van der Waals surface area (Å²) in [6, 6.07) is -0.154. The first-order valence-electron chi connectivity index (χ1n) is 5.51. The van der Waals surface area contributed by atoms with Crippen LogP contribution in [0.5, 0.6) is 0 Å². The minimum Gasteiger partial charge on any atom is -0.394 e. The molecule has 0 amide bonds. The van der Waals surface area contributed by atoms with Gasteiger partial charge in [0.25, 0.3) is 0 Å². The Morgan fingerprint density at radius 2 is 2.28 bits per heavy atom. The lowest BCUT2D eigenvalue weighted by molar-refractivity contribution is 0.258. The van der Waals surface area contributed by atoms with Crippen LogP contribution in [0.15, 0.2) is 33.9 Å². The summed E-state index contributed by atoms with van der Waals surface area (Å²) < 4.78 is 0. The molecule has 0 fully saturated rings. The second-order valence-electron chi connectivity index (χ2n) is 3.55. The highest BCUT2D eigenvalue weighted by Crippen LogP contribution is 2.06. The standard InChI is InChI=1S/C12H20N4O2/c1-5-15-18-7-6-11(13)10(3)12(14-4)16-9(2)8-17/h5-7,9,13,16-17H,4,8H2,1-3H3/b7-6+,12-10+,13-11?,15-5+/t9-/m1/s1. The largest absolute Gasteiger partial charge is 0.394 e. The molecule has 0 spiro atoms. The van der Waals surface area contributed by atoms with Crippen LogP contribution in [0.3, 0.4) is 0 Å². The molecule has 6 heteroatoms. The van der Waals surface area contributed by atoms with Gasteiger partial charge in [0.15, 0.2) is 0 Å². The Labute approximate surface area is 107 Å². The van der Waals surface area contributed by atoms with Crippen molar-refractivity contribution in [2.45, 2.75) is 26.8 Å². The smallest absolute Gasteiger partial charge is 0.130 e. The van der Waals surface area contributed by atoms with Crippen LogP contribution in [0.25, 0.3) is 0 Å². The average Bonchev–Trinajstić information content (AvgIpc) is 2.39. The number of nitrogens with zero attached hydrogens (tertiary/aromatic N) is 2. The van der Waals surface area contributed by atoms with E-state index in [1.165, 1.54) is 18.6 Å². The third kappa shape index (κ3) is 5.95. The molecule has 0 aromatic carbocycles. The highest BCUT2D eigenvalue weighted by atomic mass is 16.6. The summed E-state index contributed by atoms with van der Waals surface area (Å²) in [5.74, 6) is 0.463. The molecule has 0 aliphatic heterocycles. The first kappa shape index (κ1) is 16.1. The fourth-order valence-corrected chi connectivity index (χ4v) is 0.999. The lowest BCUT2D eigenvalue weighted by Crippen LogP contribution is -2.29. The third-order valence-corrected chi connectivity index (χ3v) is 2.04. The molecule has 18 heavy (non-hydrogen) atoms. The van der Waals surface area contributed by atoms with Gasteiger partial charge in [0.05, 0.1) is 12.3 Å². The normalized spacial score (nSPS) is 14.4. The van der Waals surface area contributed by atoms with Crippen molar-refractivity contribution >= 4 is 18.6 Å². The molecule has 3 N–H and O–H groups in total. The molecule has 0 aromatic rings. The minimum atomic E-state index is -0.154. The van der Waals surface area contributed by atoms with Crippen molar-refractivity contribution in [1.29, 1.82) is 5.41 Å². The zero-order valence-electron chi connectivity index (χ0n) is 11.0. The number of rotatable bonds is 8. The molecule has 0 heterocycles. The quantitative estimate of drug-likeness (QED) is 0.347. The van der Waals surface area contributed by atoms with E-state index in [0.29, 0.717) is 11.4 Å². The maximum absolute atomic E-state index is 8.95. The SMILES string of the molecule is C=N/C(N[C@H](C)CO)=C(/C)C(=N)/C=C/O/N=C/C. The number of hydrogen-bond acceptors (Lipinski definition) is 6. The summed E-state index contributed by atoms with van der Waals surface area (Å²) in [6.45, 7) is 8.67. The summed E-state index contributed by atoms with van der Waals surface area (Å²) in [4.78, 5) is 8.54. The van der Waals surface area contributed by atoms with E-state index >= 15 is 0 Å². The van der Waals surface area contributed by atoms with Crippen LogP contribution in [0.1, 0.15) is 20.8 Å². The van der Waals surface area contributed by atoms with E-state index in [-0.39, 0.29) is 18.4 Å². The molecule has 0 aromatic heterocycles. The van der Waals surface area contributed by atoms with Gasteiger partial charge >= 0.3 is 0 Å². The number of allylic oxidation sites excluding steroid dienone is 2. The maximum atomic E-state index is 8.95. The molecule has 0 saturated heterocycles. The Hall–Kier alpha value is -1.95. The van der Waals surface area contributed by atoms with Gasteiger partial charge in [-0.1, -0.05) is 5.16 Å².